The van der Waals surface area contributed by atoms with Crippen LogP contribution in [-0.4, -0.2) is 52.5 Å². The lowest BCUT2D eigenvalue weighted by atomic mass is 9.70. The number of anilines is 1. The van der Waals surface area contributed by atoms with E-state index in [0.29, 0.717) is 62.1 Å². The molecule has 3 rings (SSSR count). The van der Waals surface area contributed by atoms with Gasteiger partial charge in [0.2, 0.25) is 19.2 Å². The molecule has 2 aromatic carbocycles. The molecule has 0 spiro atoms. The van der Waals surface area contributed by atoms with E-state index in [2.05, 4.69) is 54.7 Å². The standard InChI is InChI=1S/C18H16Cl2F2N2O.C5H12.C4H8N2O2.C2H6.CH5N/c1-18(11-5-16(22)14(20)6-17(11)24-9-25)8-23-7-12(18)10-2-3-15(21)13(19)4-10;1-5(2,3)4;7-3-5-1-2-6-4-8;2*1-2/h2-6,9,12,23H,7-8H2,1H3,(H,24,25);1-4H3;3-4H,1-2H2,(H,5,7)(H,6,8);1-2H3;2H2,1H3/t12-,18+;;;;/m1..../s1. The van der Waals surface area contributed by atoms with E-state index in [9.17, 15) is 23.2 Å². The van der Waals surface area contributed by atoms with E-state index in [1.165, 1.54) is 25.2 Å². The Hall–Kier alpha value is -2.79. The Bertz CT molecular complexity index is 1070. The average molecular weight is 635 g/mol. The highest BCUT2D eigenvalue weighted by molar-refractivity contribution is 6.31. The van der Waals surface area contributed by atoms with Crippen LogP contribution in [0.15, 0.2) is 30.3 Å². The van der Waals surface area contributed by atoms with Gasteiger partial charge in [0.15, 0.2) is 0 Å². The van der Waals surface area contributed by atoms with Crippen LogP contribution in [0.5, 0.6) is 0 Å². The maximum absolute atomic E-state index is 14.1. The molecule has 0 bridgehead atoms. The van der Waals surface area contributed by atoms with E-state index in [0.717, 1.165) is 5.56 Å². The van der Waals surface area contributed by atoms with Crippen molar-refractivity contribution in [1.82, 2.24) is 16.0 Å². The summed E-state index contributed by atoms with van der Waals surface area (Å²) in [4.78, 5) is 30.0. The first-order chi connectivity index (χ1) is 19.8. The van der Waals surface area contributed by atoms with Crippen molar-refractivity contribution in [1.29, 1.82) is 0 Å². The Morgan fingerprint density at radius 1 is 0.929 bits per heavy atom. The zero-order valence-corrected chi connectivity index (χ0v) is 27.4. The Morgan fingerprint density at radius 2 is 1.43 bits per heavy atom. The highest BCUT2D eigenvalue weighted by atomic mass is 35.5. The molecule has 1 aliphatic rings. The molecular weight excluding hydrogens is 587 g/mol. The van der Waals surface area contributed by atoms with Crippen LogP contribution >= 0.6 is 23.2 Å². The molecule has 1 heterocycles. The molecule has 6 N–H and O–H groups in total. The van der Waals surface area contributed by atoms with Crippen LogP contribution in [0.2, 0.25) is 10.0 Å². The largest absolute Gasteiger partial charge is 0.357 e. The van der Waals surface area contributed by atoms with Crippen molar-refractivity contribution in [3.63, 3.8) is 0 Å². The molecule has 0 unspecified atom stereocenters. The van der Waals surface area contributed by atoms with Gasteiger partial charge in [0.05, 0.1) is 10.0 Å². The molecule has 238 valence electrons. The molecule has 42 heavy (non-hydrogen) atoms. The molecule has 0 saturated carbocycles. The van der Waals surface area contributed by atoms with E-state index in [1.807, 2.05) is 20.8 Å². The zero-order chi connectivity index (χ0) is 32.9. The fraction of sp³-hybridized carbons (Fsp3) is 0.500. The van der Waals surface area contributed by atoms with Crippen molar-refractivity contribution in [3.8, 4) is 0 Å². The minimum absolute atomic E-state index is 0.0419. The first-order valence-electron chi connectivity index (χ1n) is 13.6. The highest BCUT2D eigenvalue weighted by Crippen LogP contribution is 2.46. The number of hydrogen-bond donors (Lipinski definition) is 5. The summed E-state index contributed by atoms with van der Waals surface area (Å²) in [6.45, 7) is 16.9. The summed E-state index contributed by atoms with van der Waals surface area (Å²) in [6.07, 6.45) is 1.71. The smallest absolute Gasteiger partial charge is 0.211 e. The van der Waals surface area contributed by atoms with Gasteiger partial charge in [0, 0.05) is 43.2 Å². The molecule has 1 aliphatic heterocycles. The number of carbonyl (C=O) groups excluding carboxylic acids is 3. The lowest BCUT2D eigenvalue weighted by Crippen LogP contribution is -2.31. The fourth-order valence-electron chi connectivity index (χ4n) is 3.79. The van der Waals surface area contributed by atoms with Crippen molar-refractivity contribution in [2.75, 3.05) is 38.5 Å². The third-order valence-electron chi connectivity index (χ3n) is 5.43. The summed E-state index contributed by atoms with van der Waals surface area (Å²) in [7, 11) is 1.50. The summed E-state index contributed by atoms with van der Waals surface area (Å²) in [5.74, 6) is -1.13. The third kappa shape index (κ3) is 14.9. The average Bonchev–Trinajstić information content (AvgIpc) is 3.34. The highest BCUT2D eigenvalue weighted by Gasteiger charge is 2.43. The molecule has 2 atom stereocenters. The second-order valence-corrected chi connectivity index (χ2v) is 11.3. The quantitative estimate of drug-likeness (QED) is 0.181. The maximum Gasteiger partial charge on any atom is 0.211 e. The molecule has 8 nitrogen and oxygen atoms in total. The van der Waals surface area contributed by atoms with Gasteiger partial charge in [-0.3, -0.25) is 14.4 Å². The Labute approximate surface area is 259 Å². The van der Waals surface area contributed by atoms with Gasteiger partial charge < -0.3 is 27.0 Å². The van der Waals surface area contributed by atoms with Gasteiger partial charge in [-0.2, -0.15) is 0 Å². The van der Waals surface area contributed by atoms with Crippen molar-refractivity contribution in [2.45, 2.75) is 59.8 Å². The van der Waals surface area contributed by atoms with E-state index < -0.39 is 17.0 Å². The minimum atomic E-state index is -0.558. The Morgan fingerprint density at radius 3 is 1.88 bits per heavy atom. The SMILES string of the molecule is CC.CC(C)(C)C.CN.C[C@@]1(c2cc(F)c(Cl)cc2NC=O)CNC[C@@H]1c1ccc(F)c(Cl)c1.O=CNCCNC=O. The number of benzene rings is 2. The van der Waals surface area contributed by atoms with Crippen LogP contribution in [-0.2, 0) is 19.8 Å². The van der Waals surface area contributed by atoms with Crippen LogP contribution in [0.4, 0.5) is 14.5 Å². The van der Waals surface area contributed by atoms with Gasteiger partial charge in [-0.1, -0.05) is 77.7 Å². The number of nitrogens with two attached hydrogens (primary N) is 1. The molecular formula is C30H47Cl2F2N5O3. The zero-order valence-electron chi connectivity index (χ0n) is 25.8. The molecule has 0 aromatic heterocycles. The molecule has 2 aromatic rings. The van der Waals surface area contributed by atoms with Gasteiger partial charge in [0.25, 0.3) is 0 Å². The number of carbonyl (C=O) groups is 3. The second kappa shape index (κ2) is 21.8. The van der Waals surface area contributed by atoms with Crippen LogP contribution < -0.4 is 27.0 Å². The summed E-state index contributed by atoms with van der Waals surface area (Å²) in [6, 6.07) is 7.34. The molecule has 0 aliphatic carbocycles. The van der Waals surface area contributed by atoms with E-state index in [-0.39, 0.29) is 16.0 Å². The molecule has 3 amide bonds. The fourth-order valence-corrected chi connectivity index (χ4v) is 4.14. The summed E-state index contributed by atoms with van der Waals surface area (Å²) in [5, 5.41) is 10.6. The first kappa shape index (κ1) is 41.3. The van der Waals surface area contributed by atoms with Crippen LogP contribution in [0.1, 0.15) is 65.5 Å². The van der Waals surface area contributed by atoms with Crippen LogP contribution in [0.25, 0.3) is 0 Å². The van der Waals surface area contributed by atoms with E-state index in [4.69, 9.17) is 23.2 Å². The predicted octanol–water partition coefficient (Wildman–Crippen LogP) is 5.62. The number of amides is 3. The number of halogens is 4. The van der Waals surface area contributed by atoms with E-state index in [1.54, 1.807) is 12.1 Å². The van der Waals surface area contributed by atoms with Gasteiger partial charge in [-0.05, 0) is 47.9 Å². The monoisotopic (exact) mass is 633 g/mol. The van der Waals surface area contributed by atoms with Gasteiger partial charge in [0.1, 0.15) is 11.6 Å². The number of rotatable bonds is 9. The van der Waals surface area contributed by atoms with Crippen molar-refractivity contribution >= 4 is 48.1 Å². The maximum atomic E-state index is 14.1. The van der Waals surface area contributed by atoms with Crippen molar-refractivity contribution in [3.05, 3.63) is 63.1 Å². The second-order valence-electron chi connectivity index (χ2n) is 10.5. The summed E-state index contributed by atoms with van der Waals surface area (Å²) >= 11 is 11.8. The number of hydrogen-bond acceptors (Lipinski definition) is 5. The topological polar surface area (TPSA) is 125 Å². The normalized spacial score (nSPS) is 16.7. The molecule has 1 fully saturated rings. The molecule has 12 heteroatoms. The van der Waals surface area contributed by atoms with E-state index >= 15 is 0 Å². The molecule has 1 saturated heterocycles. The molecule has 0 radical (unpaired) electrons. The van der Waals surface area contributed by atoms with Gasteiger partial charge >= 0.3 is 0 Å². The Balaban J connectivity index is 0. The van der Waals surface area contributed by atoms with Crippen molar-refractivity contribution < 1.29 is 23.2 Å². The lowest BCUT2D eigenvalue weighted by molar-refractivity contribution is -0.111. The lowest BCUT2D eigenvalue weighted by Gasteiger charge is -2.33. The van der Waals surface area contributed by atoms with Gasteiger partial charge in [-0.25, -0.2) is 8.78 Å². The third-order valence-corrected chi connectivity index (χ3v) is 6.01. The minimum Gasteiger partial charge on any atom is -0.357 e. The number of nitrogens with one attached hydrogen (secondary N) is 4. The van der Waals surface area contributed by atoms with Crippen LogP contribution in [0, 0.1) is 17.0 Å². The predicted molar refractivity (Wildman–Crippen MR) is 170 cm³/mol. The van der Waals surface area contributed by atoms with Gasteiger partial charge in [-0.15, -0.1) is 0 Å². The summed E-state index contributed by atoms with van der Waals surface area (Å²) < 4.78 is 27.6. The van der Waals surface area contributed by atoms with Crippen molar-refractivity contribution in [2.24, 2.45) is 11.1 Å². The van der Waals surface area contributed by atoms with Crippen LogP contribution in [0.3, 0.4) is 0 Å². The first-order valence-corrected chi connectivity index (χ1v) is 14.3. The summed E-state index contributed by atoms with van der Waals surface area (Å²) in [5.41, 5.74) is 6.37. The Kier molecular flexibility index (Phi) is 21.5.